The number of aromatic nitrogens is 2. The maximum Gasteiger partial charge on any atom is 0.255 e. The van der Waals surface area contributed by atoms with Crippen LogP contribution < -0.4 is 4.90 Å². The first-order chi connectivity index (χ1) is 12.8. The van der Waals surface area contributed by atoms with Gasteiger partial charge >= 0.3 is 0 Å². The van der Waals surface area contributed by atoms with Gasteiger partial charge < -0.3 is 9.80 Å². The van der Waals surface area contributed by atoms with E-state index in [1.807, 2.05) is 18.7 Å². The number of halogens is 2. The van der Waals surface area contributed by atoms with Crippen molar-refractivity contribution in [1.82, 2.24) is 14.9 Å². The fourth-order valence-corrected chi connectivity index (χ4v) is 4.06. The van der Waals surface area contributed by atoms with Crippen LogP contribution in [0.1, 0.15) is 47.2 Å². The fraction of sp³-hybridized carbons (Fsp3) is 0.450. The van der Waals surface area contributed by atoms with Gasteiger partial charge in [0.05, 0.1) is 10.6 Å². The van der Waals surface area contributed by atoms with E-state index in [9.17, 15) is 4.79 Å². The lowest BCUT2D eigenvalue weighted by atomic mass is 10.0. The summed E-state index contributed by atoms with van der Waals surface area (Å²) in [5.41, 5.74) is 2.70. The molecule has 1 aliphatic rings. The first-order valence-electron chi connectivity index (χ1n) is 9.12. The minimum Gasteiger partial charge on any atom is -0.353 e. The number of hydrogen-bond acceptors (Lipinski definition) is 4. The number of aryl methyl sites for hydroxylation is 2. The van der Waals surface area contributed by atoms with Crippen LogP contribution in [-0.2, 0) is 0 Å². The summed E-state index contributed by atoms with van der Waals surface area (Å²) in [6.07, 6.45) is 0. The lowest BCUT2D eigenvalue weighted by molar-refractivity contribution is 0.0746. The zero-order valence-corrected chi connectivity index (χ0v) is 17.6. The highest BCUT2D eigenvalue weighted by atomic mass is 35.5. The minimum atomic E-state index is -0.0598. The predicted molar refractivity (Wildman–Crippen MR) is 110 cm³/mol. The zero-order valence-electron chi connectivity index (χ0n) is 16.1. The average molecular weight is 407 g/mol. The van der Waals surface area contributed by atoms with Gasteiger partial charge in [-0.15, -0.1) is 0 Å². The summed E-state index contributed by atoms with van der Waals surface area (Å²) in [7, 11) is 0. The molecule has 0 saturated carbocycles. The molecule has 1 aromatic carbocycles. The standard InChI is InChI=1S/C20H24Cl2N4O/c1-12(2)18-13(3)23-14(4)24-19(18)25-7-9-26(10-8-25)20(27)16-6-5-15(21)11-17(16)22/h5-6,11-12H,7-10H2,1-4H3. The molecule has 0 spiro atoms. The molecule has 1 amide bonds. The number of carbonyl (C=O) groups excluding carboxylic acids is 1. The molecule has 5 nitrogen and oxygen atoms in total. The maximum absolute atomic E-state index is 12.8. The van der Waals surface area contributed by atoms with E-state index in [2.05, 4.69) is 23.7 Å². The van der Waals surface area contributed by atoms with Gasteiger partial charge in [-0.2, -0.15) is 0 Å². The van der Waals surface area contributed by atoms with Crippen LogP contribution in [0.15, 0.2) is 18.2 Å². The van der Waals surface area contributed by atoms with Gasteiger partial charge in [-0.1, -0.05) is 37.0 Å². The van der Waals surface area contributed by atoms with Crippen LogP contribution in [0.3, 0.4) is 0 Å². The highest BCUT2D eigenvalue weighted by molar-refractivity contribution is 6.36. The summed E-state index contributed by atoms with van der Waals surface area (Å²) in [5.74, 6) is 2.05. The Morgan fingerprint density at radius 2 is 1.74 bits per heavy atom. The molecule has 0 bridgehead atoms. The summed E-state index contributed by atoms with van der Waals surface area (Å²) in [6, 6.07) is 4.99. The van der Waals surface area contributed by atoms with E-state index in [1.165, 1.54) is 5.56 Å². The summed E-state index contributed by atoms with van der Waals surface area (Å²) in [5, 5.41) is 0.913. The van der Waals surface area contributed by atoms with E-state index in [4.69, 9.17) is 28.2 Å². The van der Waals surface area contributed by atoms with Gasteiger partial charge in [0, 0.05) is 42.5 Å². The van der Waals surface area contributed by atoms with Crippen LogP contribution in [-0.4, -0.2) is 47.0 Å². The number of amides is 1. The van der Waals surface area contributed by atoms with Crippen LogP contribution in [0, 0.1) is 13.8 Å². The van der Waals surface area contributed by atoms with E-state index in [0.717, 1.165) is 30.4 Å². The smallest absolute Gasteiger partial charge is 0.255 e. The molecule has 0 aliphatic carbocycles. The number of nitrogens with zero attached hydrogens (tertiary/aromatic N) is 4. The number of piperazine rings is 1. The lowest BCUT2D eigenvalue weighted by Crippen LogP contribution is -2.49. The van der Waals surface area contributed by atoms with Crippen LogP contribution >= 0.6 is 23.2 Å². The summed E-state index contributed by atoms with van der Waals surface area (Å²) in [4.78, 5) is 26.1. The highest BCUT2D eigenvalue weighted by Gasteiger charge is 2.27. The Bertz CT molecular complexity index is 861. The molecule has 7 heteroatoms. The molecule has 0 unspecified atom stereocenters. The Morgan fingerprint density at radius 3 is 2.33 bits per heavy atom. The van der Waals surface area contributed by atoms with Crippen molar-refractivity contribution in [3.05, 3.63) is 50.9 Å². The van der Waals surface area contributed by atoms with Crippen molar-refractivity contribution in [2.24, 2.45) is 0 Å². The molecule has 0 radical (unpaired) electrons. The van der Waals surface area contributed by atoms with Gasteiger partial charge in [-0.3, -0.25) is 4.79 Å². The number of benzene rings is 1. The third-order valence-corrected chi connectivity index (χ3v) is 5.38. The number of carbonyl (C=O) groups is 1. The molecule has 0 atom stereocenters. The van der Waals surface area contributed by atoms with Gasteiger partial charge in [0.1, 0.15) is 11.6 Å². The van der Waals surface area contributed by atoms with Crippen LogP contribution in [0.2, 0.25) is 10.0 Å². The molecule has 0 N–H and O–H groups in total. The van der Waals surface area contributed by atoms with E-state index >= 15 is 0 Å². The van der Waals surface area contributed by atoms with Crippen LogP contribution in [0.4, 0.5) is 5.82 Å². The van der Waals surface area contributed by atoms with Crippen LogP contribution in [0.5, 0.6) is 0 Å². The molecule has 2 aromatic rings. The normalized spacial score (nSPS) is 14.8. The molecule has 1 saturated heterocycles. The van der Waals surface area contributed by atoms with E-state index < -0.39 is 0 Å². The molecular weight excluding hydrogens is 383 g/mol. The van der Waals surface area contributed by atoms with Crippen LogP contribution in [0.25, 0.3) is 0 Å². The van der Waals surface area contributed by atoms with Gasteiger partial charge in [0.15, 0.2) is 0 Å². The molecule has 3 rings (SSSR count). The van der Waals surface area contributed by atoms with Crippen molar-refractivity contribution in [3.63, 3.8) is 0 Å². The second-order valence-electron chi connectivity index (χ2n) is 7.15. The van der Waals surface area contributed by atoms with Crippen molar-refractivity contribution in [2.45, 2.75) is 33.6 Å². The molecule has 1 aliphatic heterocycles. The molecular formula is C20H24Cl2N4O. The van der Waals surface area contributed by atoms with Gasteiger partial charge in [-0.05, 0) is 38.0 Å². The third-order valence-electron chi connectivity index (χ3n) is 4.83. The number of rotatable bonds is 3. The SMILES string of the molecule is Cc1nc(C)c(C(C)C)c(N2CCN(C(=O)c3ccc(Cl)cc3Cl)CC2)n1. The summed E-state index contributed by atoms with van der Waals surface area (Å²) >= 11 is 12.1. The number of hydrogen-bond donors (Lipinski definition) is 0. The lowest BCUT2D eigenvalue weighted by Gasteiger charge is -2.37. The highest BCUT2D eigenvalue weighted by Crippen LogP contribution is 2.29. The summed E-state index contributed by atoms with van der Waals surface area (Å²) < 4.78 is 0. The third kappa shape index (κ3) is 4.19. The van der Waals surface area contributed by atoms with E-state index in [1.54, 1.807) is 18.2 Å². The first-order valence-corrected chi connectivity index (χ1v) is 9.88. The Morgan fingerprint density at radius 1 is 1.07 bits per heavy atom. The first kappa shape index (κ1) is 19.9. The molecule has 1 fully saturated rings. The van der Waals surface area contributed by atoms with Crippen molar-refractivity contribution in [3.8, 4) is 0 Å². The van der Waals surface area contributed by atoms with E-state index in [-0.39, 0.29) is 5.91 Å². The Labute approximate surface area is 170 Å². The second-order valence-corrected chi connectivity index (χ2v) is 8.00. The van der Waals surface area contributed by atoms with Crippen molar-refractivity contribution < 1.29 is 4.79 Å². The Balaban J connectivity index is 1.77. The van der Waals surface area contributed by atoms with E-state index in [0.29, 0.717) is 34.6 Å². The second kappa shape index (κ2) is 8.03. The molecule has 27 heavy (non-hydrogen) atoms. The largest absolute Gasteiger partial charge is 0.353 e. The Hall–Kier alpha value is -1.85. The van der Waals surface area contributed by atoms with Gasteiger partial charge in [0.25, 0.3) is 5.91 Å². The maximum atomic E-state index is 12.8. The topological polar surface area (TPSA) is 49.3 Å². The summed E-state index contributed by atoms with van der Waals surface area (Å²) in [6.45, 7) is 11.0. The Kier molecular flexibility index (Phi) is 5.92. The van der Waals surface area contributed by atoms with Gasteiger partial charge in [-0.25, -0.2) is 9.97 Å². The quantitative estimate of drug-likeness (QED) is 0.753. The molecule has 144 valence electrons. The molecule has 2 heterocycles. The fourth-order valence-electron chi connectivity index (χ4n) is 3.57. The molecule has 1 aromatic heterocycles. The monoisotopic (exact) mass is 406 g/mol. The number of anilines is 1. The van der Waals surface area contributed by atoms with Crippen molar-refractivity contribution >= 4 is 34.9 Å². The van der Waals surface area contributed by atoms with Crippen molar-refractivity contribution in [1.29, 1.82) is 0 Å². The average Bonchev–Trinajstić information content (AvgIpc) is 2.60. The predicted octanol–water partition coefficient (Wildman–Crippen LogP) is 4.49. The zero-order chi connectivity index (χ0) is 19.7. The van der Waals surface area contributed by atoms with Crippen molar-refractivity contribution in [2.75, 3.05) is 31.1 Å². The minimum absolute atomic E-state index is 0.0598. The van der Waals surface area contributed by atoms with Gasteiger partial charge in [0.2, 0.25) is 0 Å².